The number of nitrogens with one attached hydrogen (secondary N) is 1. The Labute approximate surface area is 102 Å². The summed E-state index contributed by atoms with van der Waals surface area (Å²) in [6, 6.07) is 0.468. The largest absolute Gasteiger partial charge is 0.370 e. The molecule has 0 aliphatic heterocycles. The van der Waals surface area contributed by atoms with Gasteiger partial charge in [-0.25, -0.2) is 0 Å². The molecule has 2 rings (SSSR count). The number of methoxy groups -OCH3 is 1. The lowest BCUT2D eigenvalue weighted by molar-refractivity contribution is -0.0178. The summed E-state index contributed by atoms with van der Waals surface area (Å²) in [5.74, 6) is 0.671. The Morgan fingerprint density at radius 3 is 2.47 bits per heavy atom. The maximum Gasteiger partial charge on any atom is 0.321 e. The van der Waals surface area contributed by atoms with Crippen LogP contribution in [0.15, 0.2) is 4.52 Å². The minimum Gasteiger partial charge on any atom is -0.370 e. The highest BCUT2D eigenvalue weighted by Gasteiger charge is 2.40. The smallest absolute Gasteiger partial charge is 0.321 e. The van der Waals surface area contributed by atoms with Gasteiger partial charge in [-0.1, -0.05) is 5.16 Å². The van der Waals surface area contributed by atoms with Gasteiger partial charge in [-0.05, 0) is 46.5 Å². The van der Waals surface area contributed by atoms with Gasteiger partial charge in [0, 0.05) is 12.6 Å². The quantitative estimate of drug-likeness (QED) is 0.878. The molecule has 96 valence electrons. The Balaban J connectivity index is 2.17. The molecule has 0 atom stereocenters. The number of ether oxygens (including phenoxy) is 1. The third-order valence-corrected chi connectivity index (χ3v) is 3.12. The number of aromatic nitrogens is 2. The molecule has 0 amide bonds. The average Bonchev–Trinajstić information content (AvgIpc) is 2.83. The third kappa shape index (κ3) is 2.60. The first kappa shape index (κ1) is 12.4. The molecule has 1 aliphatic rings. The van der Waals surface area contributed by atoms with Gasteiger partial charge in [0.2, 0.25) is 5.82 Å². The van der Waals surface area contributed by atoms with Gasteiger partial charge in [-0.15, -0.1) is 0 Å². The first-order valence-electron chi connectivity index (χ1n) is 6.13. The average molecular weight is 239 g/mol. The zero-order valence-corrected chi connectivity index (χ0v) is 11.0. The van der Waals surface area contributed by atoms with Crippen LogP contribution in [0, 0.1) is 0 Å². The van der Waals surface area contributed by atoms with Crippen LogP contribution in [0.1, 0.15) is 52.3 Å². The molecular weight excluding hydrogens is 218 g/mol. The van der Waals surface area contributed by atoms with Crippen LogP contribution < -0.4 is 5.32 Å². The highest BCUT2D eigenvalue weighted by atomic mass is 16.5. The molecule has 1 saturated carbocycles. The Bertz CT molecular complexity index is 375. The summed E-state index contributed by atoms with van der Waals surface area (Å²) in [4.78, 5) is 4.41. The normalized spacial score (nSPS) is 19.5. The van der Waals surface area contributed by atoms with Crippen LogP contribution in [0.2, 0.25) is 0 Å². The van der Waals surface area contributed by atoms with E-state index < -0.39 is 0 Å². The second-order valence-corrected chi connectivity index (χ2v) is 5.70. The Morgan fingerprint density at radius 1 is 1.29 bits per heavy atom. The van der Waals surface area contributed by atoms with Crippen LogP contribution in [-0.2, 0) is 10.3 Å². The minimum atomic E-state index is -0.332. The van der Waals surface area contributed by atoms with E-state index in [2.05, 4.69) is 36.2 Å². The molecule has 1 aliphatic carbocycles. The fourth-order valence-corrected chi connectivity index (χ4v) is 2.25. The predicted molar refractivity (Wildman–Crippen MR) is 64.8 cm³/mol. The molecule has 5 nitrogen and oxygen atoms in total. The number of rotatable bonds is 3. The van der Waals surface area contributed by atoms with Crippen LogP contribution >= 0.6 is 0 Å². The summed E-state index contributed by atoms with van der Waals surface area (Å²) in [6.07, 6.45) is 4.25. The van der Waals surface area contributed by atoms with E-state index in [-0.39, 0.29) is 11.1 Å². The molecule has 1 N–H and O–H groups in total. The second-order valence-electron chi connectivity index (χ2n) is 5.70. The maximum atomic E-state index is 5.62. The summed E-state index contributed by atoms with van der Waals surface area (Å²) in [6.45, 7) is 6.16. The van der Waals surface area contributed by atoms with Gasteiger partial charge in [0.15, 0.2) is 0 Å². The summed E-state index contributed by atoms with van der Waals surface area (Å²) in [5.41, 5.74) is -0.416. The van der Waals surface area contributed by atoms with E-state index in [9.17, 15) is 0 Å². The first-order valence-corrected chi connectivity index (χ1v) is 6.13. The number of anilines is 1. The van der Waals surface area contributed by atoms with Crippen molar-refractivity contribution in [2.45, 2.75) is 57.6 Å². The zero-order valence-electron chi connectivity index (χ0n) is 11.0. The van der Waals surface area contributed by atoms with Crippen molar-refractivity contribution in [3.05, 3.63) is 5.82 Å². The van der Waals surface area contributed by atoms with Crippen molar-refractivity contribution in [1.82, 2.24) is 10.1 Å². The van der Waals surface area contributed by atoms with E-state index in [1.165, 1.54) is 0 Å². The highest BCUT2D eigenvalue weighted by Crippen LogP contribution is 2.40. The summed E-state index contributed by atoms with van der Waals surface area (Å²) < 4.78 is 10.8. The minimum absolute atomic E-state index is 0.0836. The van der Waals surface area contributed by atoms with Crippen LogP contribution in [0.4, 0.5) is 6.01 Å². The highest BCUT2D eigenvalue weighted by molar-refractivity contribution is 5.24. The summed E-state index contributed by atoms with van der Waals surface area (Å²) in [5, 5.41) is 7.22. The molecule has 0 bridgehead atoms. The van der Waals surface area contributed by atoms with E-state index in [0.29, 0.717) is 11.8 Å². The Morgan fingerprint density at radius 2 is 1.94 bits per heavy atom. The second kappa shape index (κ2) is 4.29. The molecule has 0 saturated heterocycles. The lowest BCUT2D eigenvalue weighted by Crippen LogP contribution is -2.27. The number of nitrogens with zero attached hydrogens (tertiary/aromatic N) is 2. The van der Waals surface area contributed by atoms with E-state index in [4.69, 9.17) is 9.26 Å². The van der Waals surface area contributed by atoms with Crippen LogP contribution in [0.5, 0.6) is 0 Å². The van der Waals surface area contributed by atoms with E-state index in [1.807, 2.05) is 0 Å². The van der Waals surface area contributed by atoms with Crippen LogP contribution in [0.25, 0.3) is 0 Å². The van der Waals surface area contributed by atoms with Crippen molar-refractivity contribution < 1.29 is 9.26 Å². The topological polar surface area (TPSA) is 60.2 Å². The Kier molecular flexibility index (Phi) is 3.12. The van der Waals surface area contributed by atoms with E-state index in [0.717, 1.165) is 25.7 Å². The lowest BCUT2D eigenvalue weighted by atomic mass is 10.0. The fraction of sp³-hybridized carbons (Fsp3) is 0.833. The maximum absolute atomic E-state index is 5.62. The third-order valence-electron chi connectivity index (χ3n) is 3.12. The molecule has 1 heterocycles. The lowest BCUT2D eigenvalue weighted by Gasteiger charge is -2.22. The van der Waals surface area contributed by atoms with Crippen molar-refractivity contribution in [3.63, 3.8) is 0 Å². The molecule has 17 heavy (non-hydrogen) atoms. The van der Waals surface area contributed by atoms with Crippen molar-refractivity contribution in [3.8, 4) is 0 Å². The monoisotopic (exact) mass is 239 g/mol. The van der Waals surface area contributed by atoms with Crippen molar-refractivity contribution >= 4 is 6.01 Å². The van der Waals surface area contributed by atoms with Gasteiger partial charge in [0.25, 0.3) is 0 Å². The van der Waals surface area contributed by atoms with Crippen LogP contribution in [0.3, 0.4) is 0 Å². The fourth-order valence-electron chi connectivity index (χ4n) is 2.25. The predicted octanol–water partition coefficient (Wildman–Crippen LogP) is 2.70. The summed E-state index contributed by atoms with van der Waals surface area (Å²) >= 11 is 0. The standard InChI is InChI=1S/C12H21N3O2/c1-11(2,3)14-10-13-9(15-17-10)12(16-4)7-5-6-8-12/h5-8H2,1-4H3,(H,13,14,15). The van der Waals surface area contributed by atoms with Gasteiger partial charge in [0.1, 0.15) is 5.60 Å². The molecule has 5 heteroatoms. The molecular formula is C12H21N3O2. The van der Waals surface area contributed by atoms with Gasteiger partial charge >= 0.3 is 6.01 Å². The molecule has 0 aromatic carbocycles. The number of hydrogen-bond donors (Lipinski definition) is 1. The van der Waals surface area contributed by atoms with Crippen molar-refractivity contribution in [2.75, 3.05) is 12.4 Å². The van der Waals surface area contributed by atoms with Crippen LogP contribution in [-0.4, -0.2) is 22.8 Å². The van der Waals surface area contributed by atoms with E-state index >= 15 is 0 Å². The van der Waals surface area contributed by atoms with E-state index in [1.54, 1.807) is 7.11 Å². The van der Waals surface area contributed by atoms with Gasteiger partial charge in [0.05, 0.1) is 0 Å². The molecule has 0 unspecified atom stereocenters. The molecule has 1 aromatic rings. The zero-order chi connectivity index (χ0) is 12.5. The molecule has 1 aromatic heterocycles. The summed E-state index contributed by atoms with van der Waals surface area (Å²) in [7, 11) is 1.72. The van der Waals surface area contributed by atoms with Gasteiger partial charge in [-0.2, -0.15) is 4.98 Å². The Hall–Kier alpha value is -1.10. The molecule has 0 radical (unpaired) electrons. The van der Waals surface area contributed by atoms with Gasteiger partial charge in [-0.3, -0.25) is 0 Å². The first-order chi connectivity index (χ1) is 7.95. The molecule has 0 spiro atoms. The van der Waals surface area contributed by atoms with Gasteiger partial charge < -0.3 is 14.6 Å². The number of hydrogen-bond acceptors (Lipinski definition) is 5. The molecule has 1 fully saturated rings. The SMILES string of the molecule is COC1(c2noc(NC(C)(C)C)n2)CCCC1. The van der Waals surface area contributed by atoms with Crippen molar-refractivity contribution in [2.24, 2.45) is 0 Å². The van der Waals surface area contributed by atoms with Crippen molar-refractivity contribution in [1.29, 1.82) is 0 Å².